The number of nitrogens with zero attached hydrogens (tertiary/aromatic N) is 2. The number of carbonyl (C=O) groups excluding carboxylic acids is 1. The lowest BCUT2D eigenvalue weighted by Crippen LogP contribution is -2.27. The fraction of sp³-hybridized carbons (Fsp3) is 0.263. The molecule has 1 saturated heterocycles. The van der Waals surface area contributed by atoms with Crippen LogP contribution >= 0.6 is 11.3 Å². The van der Waals surface area contributed by atoms with Crippen LogP contribution in [-0.2, 0) is 16.2 Å². The van der Waals surface area contributed by atoms with E-state index in [0.717, 1.165) is 30.2 Å². The molecule has 0 bridgehead atoms. The average molecular weight is 455 g/mol. The van der Waals surface area contributed by atoms with Crippen molar-refractivity contribution in [2.75, 3.05) is 18.4 Å². The van der Waals surface area contributed by atoms with E-state index in [-0.39, 0.29) is 21.1 Å². The van der Waals surface area contributed by atoms with Gasteiger partial charge in [0, 0.05) is 18.7 Å². The molecule has 0 saturated carbocycles. The van der Waals surface area contributed by atoms with Crippen molar-refractivity contribution in [1.29, 1.82) is 0 Å². The first-order valence-electron chi connectivity index (χ1n) is 9.04. The molecule has 0 spiro atoms. The summed E-state index contributed by atoms with van der Waals surface area (Å²) in [5.74, 6) is -0.590. The highest BCUT2D eigenvalue weighted by atomic mass is 32.2. The molecule has 2 heterocycles. The number of halogens is 3. The average Bonchev–Trinajstić information content (AvgIpc) is 3.36. The van der Waals surface area contributed by atoms with Crippen molar-refractivity contribution in [2.45, 2.75) is 23.9 Å². The van der Waals surface area contributed by atoms with E-state index in [1.165, 1.54) is 40.7 Å². The molecule has 1 N–H and O–H groups in total. The second-order valence-corrected chi connectivity index (χ2v) is 9.73. The van der Waals surface area contributed by atoms with Gasteiger partial charge in [-0.3, -0.25) is 10.1 Å². The van der Waals surface area contributed by atoms with E-state index in [1.54, 1.807) is 0 Å². The maximum absolute atomic E-state index is 13.1. The molecule has 0 aliphatic carbocycles. The number of alkyl halides is 3. The number of carbonyl (C=O) groups is 1. The van der Waals surface area contributed by atoms with Gasteiger partial charge >= 0.3 is 6.18 Å². The Balaban J connectivity index is 1.54. The lowest BCUT2D eigenvalue weighted by molar-refractivity contribution is -0.136. The summed E-state index contributed by atoms with van der Waals surface area (Å²) < 4.78 is 66.2. The van der Waals surface area contributed by atoms with E-state index in [9.17, 15) is 26.4 Å². The number of hydrogen-bond acceptors (Lipinski definition) is 5. The number of sulfonamides is 1. The molecule has 30 heavy (non-hydrogen) atoms. The predicted octanol–water partition coefficient (Wildman–Crippen LogP) is 4.35. The van der Waals surface area contributed by atoms with E-state index in [4.69, 9.17) is 0 Å². The molecule has 0 unspecified atom stereocenters. The Morgan fingerprint density at radius 1 is 1.07 bits per heavy atom. The molecule has 11 heteroatoms. The number of aromatic nitrogens is 1. The first-order chi connectivity index (χ1) is 14.2. The molecule has 4 rings (SSSR count). The van der Waals surface area contributed by atoms with Gasteiger partial charge in [-0.25, -0.2) is 13.4 Å². The first-order valence-corrected chi connectivity index (χ1v) is 11.3. The Hall–Kier alpha value is -2.50. The molecule has 0 radical (unpaired) electrons. The highest BCUT2D eigenvalue weighted by Crippen LogP contribution is 2.37. The fourth-order valence-corrected chi connectivity index (χ4v) is 5.66. The number of hydrogen-bond donors (Lipinski definition) is 1. The zero-order chi connectivity index (χ0) is 21.5. The maximum Gasteiger partial charge on any atom is 0.418 e. The lowest BCUT2D eigenvalue weighted by Gasteiger charge is -2.15. The number of rotatable bonds is 4. The van der Waals surface area contributed by atoms with Gasteiger partial charge in [0.2, 0.25) is 10.0 Å². The highest BCUT2D eigenvalue weighted by molar-refractivity contribution is 7.89. The second-order valence-electron chi connectivity index (χ2n) is 6.76. The van der Waals surface area contributed by atoms with E-state index in [0.29, 0.717) is 17.8 Å². The summed E-state index contributed by atoms with van der Waals surface area (Å²) in [6, 6.07) is 9.16. The van der Waals surface area contributed by atoms with Crippen molar-refractivity contribution in [1.82, 2.24) is 9.29 Å². The normalized spacial score (nSPS) is 15.6. The number of fused-ring (bicyclic) bond motifs is 1. The van der Waals surface area contributed by atoms with Crippen LogP contribution in [0.3, 0.4) is 0 Å². The van der Waals surface area contributed by atoms with Gasteiger partial charge in [0.05, 0.1) is 20.7 Å². The molecule has 1 aromatic heterocycles. The molecule has 6 nitrogen and oxygen atoms in total. The van der Waals surface area contributed by atoms with Crippen LogP contribution in [0.4, 0.5) is 18.3 Å². The zero-order valence-electron chi connectivity index (χ0n) is 15.4. The smallest absolute Gasteiger partial charge is 0.298 e. The summed E-state index contributed by atoms with van der Waals surface area (Å²) >= 11 is 0.929. The molecular formula is C19H16F3N3O3S2. The Kier molecular flexibility index (Phi) is 5.28. The van der Waals surface area contributed by atoms with Gasteiger partial charge in [0.15, 0.2) is 5.13 Å². The lowest BCUT2D eigenvalue weighted by atomic mass is 10.2. The largest absolute Gasteiger partial charge is 0.418 e. The minimum absolute atomic E-state index is 0.0282. The molecule has 1 aliphatic rings. The molecule has 2 aromatic carbocycles. The van der Waals surface area contributed by atoms with Crippen LogP contribution in [-0.4, -0.2) is 36.7 Å². The summed E-state index contributed by atoms with van der Waals surface area (Å²) in [5.41, 5.74) is -0.920. The van der Waals surface area contributed by atoms with Gasteiger partial charge in [0.1, 0.15) is 0 Å². The monoisotopic (exact) mass is 455 g/mol. The number of anilines is 1. The molecule has 3 aromatic rings. The quantitative estimate of drug-likeness (QED) is 0.634. The molecule has 0 atom stereocenters. The standard InChI is InChI=1S/C19H16F3N3O3S2/c20-19(21,22)14-4-3-5-15-16(14)23-18(29-15)24-17(26)12-6-8-13(9-7-12)30(27,28)25-10-1-2-11-25/h3-9H,1-2,10-11H2,(H,23,24,26). The fourth-order valence-electron chi connectivity index (χ4n) is 3.26. The van der Waals surface area contributed by atoms with Gasteiger partial charge in [-0.05, 0) is 49.2 Å². The molecule has 1 fully saturated rings. The number of para-hydroxylation sites is 1. The predicted molar refractivity (Wildman–Crippen MR) is 107 cm³/mol. The van der Waals surface area contributed by atoms with Gasteiger partial charge in [0.25, 0.3) is 5.91 Å². The summed E-state index contributed by atoms with van der Waals surface area (Å²) in [6.07, 6.45) is -2.92. The van der Waals surface area contributed by atoms with E-state index in [2.05, 4.69) is 10.3 Å². The zero-order valence-corrected chi connectivity index (χ0v) is 17.1. The van der Waals surface area contributed by atoms with Gasteiger partial charge < -0.3 is 0 Å². The molecular weight excluding hydrogens is 439 g/mol. The number of thiazole rings is 1. The van der Waals surface area contributed by atoms with Gasteiger partial charge in [-0.1, -0.05) is 17.4 Å². The second kappa shape index (κ2) is 7.64. The molecule has 1 amide bonds. The van der Waals surface area contributed by atoms with Crippen LogP contribution in [0.15, 0.2) is 47.4 Å². The van der Waals surface area contributed by atoms with E-state index < -0.39 is 27.7 Å². The summed E-state index contributed by atoms with van der Waals surface area (Å²) in [7, 11) is -3.59. The van der Waals surface area contributed by atoms with Gasteiger partial charge in [-0.2, -0.15) is 17.5 Å². The maximum atomic E-state index is 13.1. The molecule has 1 aliphatic heterocycles. The summed E-state index contributed by atoms with van der Waals surface area (Å²) in [4.78, 5) is 16.5. The number of nitrogens with one attached hydrogen (secondary N) is 1. The Morgan fingerprint density at radius 3 is 2.37 bits per heavy atom. The first kappa shape index (κ1) is 20.8. The highest BCUT2D eigenvalue weighted by Gasteiger charge is 2.34. The molecule has 158 valence electrons. The van der Waals surface area contributed by atoms with Crippen molar-refractivity contribution in [3.63, 3.8) is 0 Å². The SMILES string of the molecule is O=C(Nc1nc2c(C(F)(F)F)cccc2s1)c1ccc(S(=O)(=O)N2CCCC2)cc1. The Morgan fingerprint density at radius 2 is 1.73 bits per heavy atom. The third-order valence-electron chi connectivity index (χ3n) is 4.76. The van der Waals surface area contributed by atoms with E-state index in [1.807, 2.05) is 0 Å². The topological polar surface area (TPSA) is 79.4 Å². The van der Waals surface area contributed by atoms with Crippen LogP contribution < -0.4 is 5.32 Å². The van der Waals surface area contributed by atoms with Crippen molar-refractivity contribution in [2.24, 2.45) is 0 Å². The van der Waals surface area contributed by atoms with Crippen LogP contribution in [0.1, 0.15) is 28.8 Å². The minimum Gasteiger partial charge on any atom is -0.298 e. The minimum atomic E-state index is -4.55. The van der Waals surface area contributed by atoms with Crippen molar-refractivity contribution in [3.8, 4) is 0 Å². The van der Waals surface area contributed by atoms with Gasteiger partial charge in [-0.15, -0.1) is 0 Å². The van der Waals surface area contributed by atoms with Crippen LogP contribution in [0, 0.1) is 0 Å². The third-order valence-corrected chi connectivity index (χ3v) is 7.61. The van der Waals surface area contributed by atoms with Crippen LogP contribution in [0.5, 0.6) is 0 Å². The number of amides is 1. The van der Waals surface area contributed by atoms with Crippen LogP contribution in [0.25, 0.3) is 10.2 Å². The Bertz CT molecular complexity index is 1200. The summed E-state index contributed by atoms with van der Waals surface area (Å²) in [6.45, 7) is 0.949. The van der Waals surface area contributed by atoms with Crippen molar-refractivity contribution < 1.29 is 26.4 Å². The van der Waals surface area contributed by atoms with Crippen LogP contribution in [0.2, 0.25) is 0 Å². The third kappa shape index (κ3) is 3.92. The Labute approximate surface area is 174 Å². The van der Waals surface area contributed by atoms with E-state index >= 15 is 0 Å². The van der Waals surface area contributed by atoms with Crippen molar-refractivity contribution in [3.05, 3.63) is 53.6 Å². The van der Waals surface area contributed by atoms with Crippen molar-refractivity contribution >= 4 is 42.6 Å². The number of benzene rings is 2. The summed E-state index contributed by atoms with van der Waals surface area (Å²) in [5, 5.41) is 2.51.